The molecule has 3 rings (SSSR count). The number of hydrogen-bond acceptors (Lipinski definition) is 2. The second-order valence-corrected chi connectivity index (χ2v) is 7.47. The van der Waals surface area contributed by atoms with Crippen LogP contribution in [0.4, 0.5) is 13.2 Å². The minimum atomic E-state index is -4.37. The van der Waals surface area contributed by atoms with Gasteiger partial charge in [0.05, 0.1) is 17.4 Å². The van der Waals surface area contributed by atoms with Crippen LogP contribution in [-0.2, 0) is 6.18 Å². The Bertz CT molecular complexity index is 997. The summed E-state index contributed by atoms with van der Waals surface area (Å²) in [7, 11) is 0. The number of hydrogen-bond donors (Lipinski definition) is 0. The third-order valence-corrected chi connectivity index (χ3v) is 4.19. The first kappa shape index (κ1) is 19.7. The van der Waals surface area contributed by atoms with Gasteiger partial charge in [0.1, 0.15) is 0 Å². The summed E-state index contributed by atoms with van der Waals surface area (Å²) in [4.78, 5) is 0. The highest BCUT2D eigenvalue weighted by Gasteiger charge is 2.30. The number of alkyl halides is 3. The van der Waals surface area contributed by atoms with Crippen molar-refractivity contribution < 1.29 is 17.9 Å². The Morgan fingerprint density at radius 3 is 2.29 bits per heavy atom. The molecule has 0 aliphatic carbocycles. The normalized spacial score (nSPS) is 13.0. The molecule has 1 aromatic heterocycles. The summed E-state index contributed by atoms with van der Waals surface area (Å²) in [6, 6.07) is 12.2. The lowest BCUT2D eigenvalue weighted by molar-refractivity contribution is -0.530. The minimum absolute atomic E-state index is 0.528. The van der Waals surface area contributed by atoms with Gasteiger partial charge in [0.25, 0.3) is 0 Å². The van der Waals surface area contributed by atoms with Crippen molar-refractivity contribution in [3.8, 4) is 16.8 Å². The van der Waals surface area contributed by atoms with Crippen LogP contribution in [0, 0.1) is 5.21 Å². The number of hydroxylamine groups is 1. The molecule has 0 saturated heterocycles. The number of benzene rings is 2. The van der Waals surface area contributed by atoms with Crippen LogP contribution in [0.3, 0.4) is 0 Å². The Morgan fingerprint density at radius 2 is 1.68 bits per heavy atom. The number of nitrogens with zero attached hydrogens (tertiary/aromatic N) is 3. The number of halogens is 3. The van der Waals surface area contributed by atoms with Gasteiger partial charge in [-0.15, -0.1) is 0 Å². The van der Waals surface area contributed by atoms with Gasteiger partial charge >= 0.3 is 6.18 Å². The fourth-order valence-corrected chi connectivity index (χ4v) is 2.54. The van der Waals surface area contributed by atoms with Crippen molar-refractivity contribution in [3.05, 3.63) is 77.3 Å². The zero-order valence-corrected chi connectivity index (χ0v) is 15.7. The highest BCUT2D eigenvalue weighted by atomic mass is 19.4. The van der Waals surface area contributed by atoms with E-state index in [1.54, 1.807) is 12.4 Å². The Morgan fingerprint density at radius 1 is 1.00 bits per heavy atom. The number of rotatable bonds is 3. The summed E-state index contributed by atoms with van der Waals surface area (Å²) in [5.41, 5.74) is 1.69. The topological polar surface area (TPSA) is 43.9 Å². The fraction of sp³-hybridized carbons (Fsp3) is 0.238. The molecule has 4 nitrogen and oxygen atoms in total. The van der Waals surface area contributed by atoms with Crippen LogP contribution in [0.5, 0.6) is 0 Å². The SMILES string of the molecule is CC(C)(C)/[N+]([O-])=C\c1cccc(-c2cnn(-c3ccc(C(F)(F)F)cc3)c2)c1. The summed E-state index contributed by atoms with van der Waals surface area (Å²) in [5, 5.41) is 16.4. The Balaban J connectivity index is 1.87. The molecule has 0 saturated carbocycles. The average molecular weight is 387 g/mol. The third kappa shape index (κ3) is 4.42. The highest BCUT2D eigenvalue weighted by molar-refractivity contribution is 5.79. The van der Waals surface area contributed by atoms with Crippen molar-refractivity contribution in [2.24, 2.45) is 0 Å². The van der Waals surface area contributed by atoms with Gasteiger partial charge in [-0.05, 0) is 42.0 Å². The average Bonchev–Trinajstić information content (AvgIpc) is 3.11. The molecule has 28 heavy (non-hydrogen) atoms. The van der Waals surface area contributed by atoms with E-state index in [-0.39, 0.29) is 0 Å². The van der Waals surface area contributed by atoms with Crippen LogP contribution in [0.25, 0.3) is 16.8 Å². The van der Waals surface area contributed by atoms with Gasteiger partial charge in [0, 0.05) is 38.1 Å². The second kappa shape index (κ2) is 7.14. The van der Waals surface area contributed by atoms with E-state index in [1.165, 1.54) is 23.0 Å². The van der Waals surface area contributed by atoms with E-state index in [4.69, 9.17) is 0 Å². The Hall–Kier alpha value is -3.09. The summed E-state index contributed by atoms with van der Waals surface area (Å²) in [6.45, 7) is 5.48. The quantitative estimate of drug-likeness (QED) is 0.265. The van der Waals surface area contributed by atoms with Crippen molar-refractivity contribution in [1.82, 2.24) is 9.78 Å². The predicted octanol–water partition coefficient (Wildman–Crippen LogP) is 5.29. The van der Waals surface area contributed by atoms with E-state index in [9.17, 15) is 18.4 Å². The van der Waals surface area contributed by atoms with Crippen LogP contribution in [-0.4, -0.2) is 26.3 Å². The van der Waals surface area contributed by atoms with Crippen molar-refractivity contribution in [1.29, 1.82) is 0 Å². The van der Waals surface area contributed by atoms with E-state index in [0.29, 0.717) is 5.69 Å². The van der Waals surface area contributed by atoms with E-state index >= 15 is 0 Å². The van der Waals surface area contributed by atoms with Gasteiger partial charge in [-0.3, -0.25) is 0 Å². The van der Waals surface area contributed by atoms with Gasteiger partial charge in [-0.2, -0.15) is 18.3 Å². The standard InChI is InChI=1S/C21H20F3N3O/c1-20(2,3)27(28)13-15-5-4-6-16(11-15)17-12-25-26(14-17)19-9-7-18(8-10-19)21(22,23)24/h4-14H,1-3H3/b27-13+. The summed E-state index contributed by atoms with van der Waals surface area (Å²) >= 11 is 0. The molecule has 0 amide bonds. The molecule has 0 bridgehead atoms. The van der Waals surface area contributed by atoms with Crippen molar-refractivity contribution in [2.75, 3.05) is 0 Å². The molecule has 0 unspecified atom stereocenters. The predicted molar refractivity (Wildman–Crippen MR) is 103 cm³/mol. The maximum atomic E-state index is 12.7. The zero-order chi connectivity index (χ0) is 20.5. The Labute approximate surface area is 161 Å². The van der Waals surface area contributed by atoms with Crippen LogP contribution in [0.2, 0.25) is 0 Å². The molecular weight excluding hydrogens is 367 g/mol. The first-order chi connectivity index (χ1) is 13.0. The molecule has 146 valence electrons. The molecule has 2 aromatic carbocycles. The number of aromatic nitrogens is 2. The van der Waals surface area contributed by atoms with E-state index in [1.807, 2.05) is 45.0 Å². The molecule has 0 fully saturated rings. The van der Waals surface area contributed by atoms with E-state index in [2.05, 4.69) is 5.10 Å². The van der Waals surface area contributed by atoms with Crippen molar-refractivity contribution in [2.45, 2.75) is 32.5 Å². The first-order valence-corrected chi connectivity index (χ1v) is 8.68. The molecule has 7 heteroatoms. The molecule has 0 aliphatic rings. The lowest BCUT2D eigenvalue weighted by Crippen LogP contribution is -2.29. The summed E-state index contributed by atoms with van der Waals surface area (Å²) < 4.78 is 40.5. The molecule has 0 aliphatic heterocycles. The minimum Gasteiger partial charge on any atom is -0.623 e. The molecule has 0 radical (unpaired) electrons. The van der Waals surface area contributed by atoms with Gasteiger partial charge in [-0.25, -0.2) is 9.42 Å². The molecule has 0 spiro atoms. The van der Waals surface area contributed by atoms with Gasteiger partial charge < -0.3 is 5.21 Å². The molecule has 1 heterocycles. The summed E-state index contributed by atoms with van der Waals surface area (Å²) in [5.74, 6) is 0. The van der Waals surface area contributed by atoms with Gasteiger partial charge in [0.15, 0.2) is 11.8 Å². The maximum Gasteiger partial charge on any atom is 0.416 e. The van der Waals surface area contributed by atoms with E-state index < -0.39 is 17.3 Å². The van der Waals surface area contributed by atoms with E-state index in [0.717, 1.165) is 33.6 Å². The smallest absolute Gasteiger partial charge is 0.416 e. The fourth-order valence-electron chi connectivity index (χ4n) is 2.54. The molecule has 3 aromatic rings. The molecule has 0 atom stereocenters. The van der Waals surface area contributed by atoms with Crippen LogP contribution >= 0.6 is 0 Å². The maximum absolute atomic E-state index is 12.7. The monoisotopic (exact) mass is 387 g/mol. The van der Waals surface area contributed by atoms with Crippen molar-refractivity contribution >= 4 is 6.21 Å². The summed E-state index contributed by atoms with van der Waals surface area (Å²) in [6.07, 6.45) is 0.535. The van der Waals surface area contributed by atoms with Crippen LogP contribution in [0.15, 0.2) is 60.9 Å². The zero-order valence-electron chi connectivity index (χ0n) is 15.7. The lowest BCUT2D eigenvalue weighted by Gasteiger charge is -2.18. The van der Waals surface area contributed by atoms with Crippen molar-refractivity contribution in [3.63, 3.8) is 0 Å². The third-order valence-electron chi connectivity index (χ3n) is 4.19. The lowest BCUT2D eigenvalue weighted by atomic mass is 10.1. The Kier molecular flexibility index (Phi) is 5.02. The van der Waals surface area contributed by atoms with Gasteiger partial charge in [-0.1, -0.05) is 12.1 Å². The molecular formula is C21H20F3N3O. The second-order valence-electron chi connectivity index (χ2n) is 7.47. The van der Waals surface area contributed by atoms with Gasteiger partial charge in [0.2, 0.25) is 0 Å². The van der Waals surface area contributed by atoms with Crippen LogP contribution < -0.4 is 0 Å². The van der Waals surface area contributed by atoms with Crippen LogP contribution in [0.1, 0.15) is 31.9 Å². The molecule has 0 N–H and O–H groups in total. The highest BCUT2D eigenvalue weighted by Crippen LogP contribution is 2.30. The largest absolute Gasteiger partial charge is 0.623 e. The first-order valence-electron chi connectivity index (χ1n) is 8.68.